The second kappa shape index (κ2) is 7.62. The summed E-state index contributed by atoms with van der Waals surface area (Å²) >= 11 is 1.27. The highest BCUT2D eigenvalue weighted by Gasteiger charge is 2.17. The summed E-state index contributed by atoms with van der Waals surface area (Å²) in [4.78, 5) is 23.3. The molecule has 1 aromatic heterocycles. The van der Waals surface area contributed by atoms with Gasteiger partial charge in [0.15, 0.2) is 0 Å². The lowest BCUT2D eigenvalue weighted by atomic mass is 10.2. The molecule has 0 aliphatic heterocycles. The molecule has 0 fully saturated rings. The Hall–Kier alpha value is -2.32. The van der Waals surface area contributed by atoms with Crippen molar-refractivity contribution in [2.75, 3.05) is 19.0 Å². The van der Waals surface area contributed by atoms with Crippen molar-refractivity contribution in [2.24, 2.45) is 0 Å². The van der Waals surface area contributed by atoms with Gasteiger partial charge in [-0.1, -0.05) is 41.7 Å². The van der Waals surface area contributed by atoms with Gasteiger partial charge in [-0.2, -0.15) is 0 Å². The number of amides is 2. The van der Waals surface area contributed by atoms with Crippen molar-refractivity contribution in [1.29, 1.82) is 0 Å². The summed E-state index contributed by atoms with van der Waals surface area (Å²) in [5, 5.41) is 14.2. The number of aromatic nitrogens is 2. The summed E-state index contributed by atoms with van der Waals surface area (Å²) in [7, 11) is 1.41. The van der Waals surface area contributed by atoms with Crippen LogP contribution in [0.5, 0.6) is 0 Å². The zero-order chi connectivity index (χ0) is 15.9. The molecule has 0 aliphatic rings. The van der Waals surface area contributed by atoms with Gasteiger partial charge >= 0.3 is 0 Å². The molecule has 22 heavy (non-hydrogen) atoms. The fourth-order valence-electron chi connectivity index (χ4n) is 1.66. The van der Waals surface area contributed by atoms with E-state index in [-0.39, 0.29) is 18.4 Å². The molecule has 2 N–H and O–H groups in total. The van der Waals surface area contributed by atoms with Crippen molar-refractivity contribution in [3.63, 3.8) is 0 Å². The number of rotatable bonds is 6. The number of anilines is 1. The lowest BCUT2D eigenvalue weighted by Crippen LogP contribution is -2.43. The number of nitrogens with zero attached hydrogens (tertiary/aromatic N) is 2. The molecule has 0 saturated carbocycles. The summed E-state index contributed by atoms with van der Waals surface area (Å²) in [5.74, 6) is -0.715. The molecule has 2 amide bonds. The molecule has 0 aliphatic carbocycles. The van der Waals surface area contributed by atoms with Gasteiger partial charge in [-0.25, -0.2) is 0 Å². The van der Waals surface area contributed by atoms with Crippen LogP contribution in [-0.2, 0) is 14.3 Å². The second-order valence-electron chi connectivity index (χ2n) is 4.49. The minimum Gasteiger partial charge on any atom is -0.375 e. The summed E-state index contributed by atoms with van der Waals surface area (Å²) in [6.45, 7) is 1.50. The van der Waals surface area contributed by atoms with Crippen LogP contribution in [-0.4, -0.2) is 41.8 Å². The number of hydrogen-bond donors (Lipinski definition) is 2. The largest absolute Gasteiger partial charge is 0.375 e. The topological polar surface area (TPSA) is 93.2 Å². The molecule has 2 rings (SSSR count). The third-order valence-corrected chi connectivity index (χ3v) is 3.61. The van der Waals surface area contributed by atoms with Crippen LogP contribution in [0, 0.1) is 0 Å². The Morgan fingerprint density at radius 2 is 2.00 bits per heavy atom. The van der Waals surface area contributed by atoms with E-state index >= 15 is 0 Å². The number of carbonyl (C=O) groups excluding carboxylic acids is 2. The molecule has 7 nitrogen and oxygen atoms in total. The summed E-state index contributed by atoms with van der Waals surface area (Å²) < 4.78 is 4.69. The fraction of sp³-hybridized carbons (Fsp3) is 0.286. The molecular weight excluding hydrogens is 304 g/mol. The van der Waals surface area contributed by atoms with Crippen molar-refractivity contribution in [1.82, 2.24) is 15.5 Å². The van der Waals surface area contributed by atoms with Gasteiger partial charge in [0.25, 0.3) is 0 Å². The Bertz CT molecular complexity index is 645. The van der Waals surface area contributed by atoms with E-state index < -0.39 is 6.04 Å². The molecule has 0 radical (unpaired) electrons. The molecule has 2 aromatic rings. The molecule has 1 aromatic carbocycles. The van der Waals surface area contributed by atoms with Gasteiger partial charge in [0, 0.05) is 12.7 Å². The van der Waals surface area contributed by atoms with Crippen molar-refractivity contribution < 1.29 is 14.3 Å². The first-order valence-corrected chi connectivity index (χ1v) is 7.40. The SMILES string of the molecule is COCC(=O)NC(C)C(=O)Nc1nnc(-c2ccccc2)s1. The minimum absolute atomic E-state index is 0.0887. The summed E-state index contributed by atoms with van der Waals surface area (Å²) in [5.41, 5.74) is 0.932. The van der Waals surface area contributed by atoms with E-state index in [9.17, 15) is 9.59 Å². The van der Waals surface area contributed by atoms with Gasteiger partial charge in [-0.3, -0.25) is 14.9 Å². The Balaban J connectivity index is 1.95. The minimum atomic E-state index is -0.688. The maximum atomic E-state index is 12.0. The van der Waals surface area contributed by atoms with Crippen molar-refractivity contribution in [3.05, 3.63) is 30.3 Å². The van der Waals surface area contributed by atoms with E-state index in [0.29, 0.717) is 10.1 Å². The van der Waals surface area contributed by atoms with Gasteiger partial charge < -0.3 is 10.1 Å². The van der Waals surface area contributed by atoms with Crippen molar-refractivity contribution in [2.45, 2.75) is 13.0 Å². The first kappa shape index (κ1) is 16.1. The second-order valence-corrected chi connectivity index (χ2v) is 5.47. The smallest absolute Gasteiger partial charge is 0.248 e. The number of hydrogen-bond acceptors (Lipinski definition) is 6. The maximum absolute atomic E-state index is 12.0. The van der Waals surface area contributed by atoms with Crippen molar-refractivity contribution >= 4 is 28.3 Å². The molecule has 116 valence electrons. The maximum Gasteiger partial charge on any atom is 0.248 e. The van der Waals surface area contributed by atoms with E-state index in [1.54, 1.807) is 6.92 Å². The summed E-state index contributed by atoms with van der Waals surface area (Å²) in [6.07, 6.45) is 0. The predicted octanol–water partition coefficient (Wildman–Crippen LogP) is 1.29. The van der Waals surface area contributed by atoms with Gasteiger partial charge in [0.2, 0.25) is 16.9 Å². The van der Waals surface area contributed by atoms with Crippen LogP contribution in [0.3, 0.4) is 0 Å². The van der Waals surface area contributed by atoms with Gasteiger partial charge in [-0.05, 0) is 6.92 Å². The van der Waals surface area contributed by atoms with Crippen molar-refractivity contribution in [3.8, 4) is 10.6 Å². The average Bonchev–Trinajstić information content (AvgIpc) is 2.96. The molecule has 8 heteroatoms. The van der Waals surface area contributed by atoms with Gasteiger partial charge in [0.05, 0.1) is 0 Å². The monoisotopic (exact) mass is 320 g/mol. The number of ether oxygens (including phenoxy) is 1. The molecule has 0 bridgehead atoms. The number of nitrogens with one attached hydrogen (secondary N) is 2. The van der Waals surface area contributed by atoms with Crippen LogP contribution in [0.15, 0.2) is 30.3 Å². The Morgan fingerprint density at radius 3 is 2.68 bits per heavy atom. The van der Waals surface area contributed by atoms with E-state index in [1.807, 2.05) is 30.3 Å². The molecule has 1 unspecified atom stereocenters. The molecule has 0 saturated heterocycles. The van der Waals surface area contributed by atoms with Crippen LogP contribution >= 0.6 is 11.3 Å². The molecule has 1 heterocycles. The van der Waals surface area contributed by atoms with Crippen LogP contribution < -0.4 is 10.6 Å². The third kappa shape index (κ3) is 4.34. The van der Waals surface area contributed by atoms with Crippen LogP contribution in [0.4, 0.5) is 5.13 Å². The number of carbonyl (C=O) groups is 2. The molecule has 0 spiro atoms. The number of benzene rings is 1. The number of methoxy groups -OCH3 is 1. The van der Waals surface area contributed by atoms with Crippen LogP contribution in [0.1, 0.15) is 6.92 Å². The lowest BCUT2D eigenvalue weighted by Gasteiger charge is -2.12. The fourth-order valence-corrected chi connectivity index (χ4v) is 2.42. The molecule has 1 atom stereocenters. The predicted molar refractivity (Wildman–Crippen MR) is 83.5 cm³/mol. The standard InChI is InChI=1S/C14H16N4O3S/c1-9(15-11(19)8-21-2)12(20)16-14-18-17-13(22-14)10-6-4-3-5-7-10/h3-7,9H,8H2,1-2H3,(H,15,19)(H,16,18,20). The van der Waals surface area contributed by atoms with Crippen LogP contribution in [0.2, 0.25) is 0 Å². The van der Waals surface area contributed by atoms with E-state index in [2.05, 4.69) is 20.8 Å². The highest BCUT2D eigenvalue weighted by Crippen LogP contribution is 2.25. The normalized spacial score (nSPS) is 11.7. The van der Waals surface area contributed by atoms with Gasteiger partial charge in [-0.15, -0.1) is 10.2 Å². The zero-order valence-corrected chi connectivity index (χ0v) is 13.0. The quantitative estimate of drug-likeness (QED) is 0.836. The zero-order valence-electron chi connectivity index (χ0n) is 12.2. The van der Waals surface area contributed by atoms with E-state index in [1.165, 1.54) is 18.4 Å². The first-order chi connectivity index (χ1) is 10.6. The summed E-state index contributed by atoms with van der Waals surface area (Å²) in [6, 6.07) is 8.87. The Kier molecular flexibility index (Phi) is 5.56. The van der Waals surface area contributed by atoms with Crippen LogP contribution in [0.25, 0.3) is 10.6 Å². The first-order valence-electron chi connectivity index (χ1n) is 6.58. The lowest BCUT2D eigenvalue weighted by molar-refractivity contribution is -0.128. The highest BCUT2D eigenvalue weighted by molar-refractivity contribution is 7.18. The average molecular weight is 320 g/mol. The molecular formula is C14H16N4O3S. The van der Waals surface area contributed by atoms with Gasteiger partial charge in [0.1, 0.15) is 17.7 Å². The third-order valence-electron chi connectivity index (χ3n) is 2.72. The highest BCUT2D eigenvalue weighted by atomic mass is 32.1. The van der Waals surface area contributed by atoms with E-state index in [4.69, 9.17) is 4.74 Å². The Labute approximate surface area is 131 Å². The van der Waals surface area contributed by atoms with E-state index in [0.717, 1.165) is 5.56 Å². The Morgan fingerprint density at radius 1 is 1.27 bits per heavy atom.